The molecule has 7 heteroatoms. The van der Waals surface area contributed by atoms with E-state index in [0.717, 1.165) is 49.9 Å². The first-order valence-corrected chi connectivity index (χ1v) is 9.36. The number of aromatic nitrogens is 3. The number of nitrogens with zero attached hydrogens (tertiary/aromatic N) is 5. The van der Waals surface area contributed by atoms with Gasteiger partial charge < -0.3 is 14.4 Å². The zero-order valence-electron chi connectivity index (χ0n) is 14.6. The monoisotopic (exact) mass is 347 g/mol. The summed E-state index contributed by atoms with van der Waals surface area (Å²) in [7, 11) is 4.02. The van der Waals surface area contributed by atoms with Gasteiger partial charge >= 0.3 is 0 Å². The Hall–Kier alpha value is -1.73. The normalized spacial score (nSPS) is 18.3. The fraction of sp³-hybridized carbons (Fsp3) is 0.588. The van der Waals surface area contributed by atoms with Gasteiger partial charge in [-0.1, -0.05) is 0 Å². The first-order valence-electron chi connectivity index (χ1n) is 8.48. The van der Waals surface area contributed by atoms with Crippen LogP contribution in [-0.2, 0) is 13.1 Å². The van der Waals surface area contributed by atoms with Gasteiger partial charge in [0.05, 0.1) is 0 Å². The van der Waals surface area contributed by atoms with Crippen molar-refractivity contribution in [3.05, 3.63) is 34.3 Å². The average Bonchev–Trinajstić information content (AvgIpc) is 3.22. The molecule has 0 bridgehead atoms. The second-order valence-corrected chi connectivity index (χ2v) is 7.47. The number of carbonyl (C=O) groups excluding carboxylic acids is 1. The van der Waals surface area contributed by atoms with Crippen molar-refractivity contribution in [3.63, 3.8) is 0 Å². The summed E-state index contributed by atoms with van der Waals surface area (Å²) in [6.07, 6.45) is 5.98. The maximum atomic E-state index is 12.8. The highest BCUT2D eigenvalue weighted by Crippen LogP contribution is 2.27. The Labute approximate surface area is 147 Å². The van der Waals surface area contributed by atoms with E-state index in [4.69, 9.17) is 0 Å². The molecule has 2 aromatic heterocycles. The quantitative estimate of drug-likeness (QED) is 0.834. The molecule has 0 aromatic carbocycles. The van der Waals surface area contributed by atoms with Crippen LogP contribution in [0, 0.1) is 0 Å². The Morgan fingerprint density at radius 2 is 2.29 bits per heavy atom. The highest BCUT2D eigenvalue weighted by atomic mass is 32.1. The van der Waals surface area contributed by atoms with Crippen molar-refractivity contribution in [3.8, 4) is 0 Å². The fourth-order valence-corrected chi connectivity index (χ4v) is 4.12. The van der Waals surface area contributed by atoms with Gasteiger partial charge in [-0.3, -0.25) is 4.79 Å². The molecule has 0 N–H and O–H groups in total. The van der Waals surface area contributed by atoms with Gasteiger partial charge in [-0.2, -0.15) is 0 Å². The summed E-state index contributed by atoms with van der Waals surface area (Å²) in [6.45, 7) is 5.35. The van der Waals surface area contributed by atoms with Crippen molar-refractivity contribution in [2.75, 3.05) is 27.2 Å². The largest absolute Gasteiger partial charge is 0.337 e. The highest BCUT2D eigenvalue weighted by molar-refractivity contribution is 7.09. The van der Waals surface area contributed by atoms with Gasteiger partial charge in [0.2, 0.25) is 0 Å². The molecule has 1 atom stereocenters. The van der Waals surface area contributed by atoms with Crippen molar-refractivity contribution < 1.29 is 4.79 Å². The molecule has 0 radical (unpaired) electrons. The van der Waals surface area contributed by atoms with Gasteiger partial charge in [0, 0.05) is 49.9 Å². The van der Waals surface area contributed by atoms with Gasteiger partial charge in [-0.25, -0.2) is 9.97 Å². The molecule has 1 unspecified atom stereocenters. The second-order valence-electron chi connectivity index (χ2n) is 6.53. The van der Waals surface area contributed by atoms with Crippen LogP contribution in [0.4, 0.5) is 0 Å². The standard InChI is InChI=1S/C17H25N5OS/c1-4-21-9-7-18-16(21)13-6-5-8-22(10-13)17(23)14-12-24-15(19-14)11-20(2)3/h7,9,12-13H,4-6,8,10-11H2,1-3H3. The minimum absolute atomic E-state index is 0.0514. The minimum Gasteiger partial charge on any atom is -0.337 e. The van der Waals surface area contributed by atoms with Gasteiger partial charge in [0.15, 0.2) is 0 Å². The van der Waals surface area contributed by atoms with Crippen LogP contribution < -0.4 is 0 Å². The Morgan fingerprint density at radius 3 is 3.04 bits per heavy atom. The smallest absolute Gasteiger partial charge is 0.273 e. The molecule has 130 valence electrons. The van der Waals surface area contributed by atoms with Crippen LogP contribution in [0.25, 0.3) is 0 Å². The predicted octanol–water partition coefficient (Wildman–Crippen LogP) is 2.44. The van der Waals surface area contributed by atoms with Gasteiger partial charge in [-0.05, 0) is 33.9 Å². The summed E-state index contributed by atoms with van der Waals surface area (Å²) in [5.41, 5.74) is 0.580. The van der Waals surface area contributed by atoms with E-state index >= 15 is 0 Å². The predicted molar refractivity (Wildman–Crippen MR) is 95.3 cm³/mol. The Morgan fingerprint density at radius 1 is 1.46 bits per heavy atom. The first-order chi connectivity index (χ1) is 11.6. The van der Waals surface area contributed by atoms with Crippen LogP contribution in [0.2, 0.25) is 0 Å². The number of rotatable bonds is 5. The topological polar surface area (TPSA) is 54.3 Å². The summed E-state index contributed by atoms with van der Waals surface area (Å²) in [6, 6.07) is 0. The molecule has 0 aliphatic carbocycles. The lowest BCUT2D eigenvalue weighted by Crippen LogP contribution is -2.40. The van der Waals surface area contributed by atoms with Crippen LogP contribution in [0.5, 0.6) is 0 Å². The van der Waals surface area contributed by atoms with Crippen molar-refractivity contribution in [1.82, 2.24) is 24.3 Å². The molecule has 3 heterocycles. The molecule has 1 amide bonds. The Kier molecular flexibility index (Phi) is 5.30. The summed E-state index contributed by atoms with van der Waals surface area (Å²) in [5, 5.41) is 2.87. The molecule has 1 aliphatic heterocycles. The van der Waals surface area contributed by atoms with Gasteiger partial charge in [0.1, 0.15) is 16.5 Å². The van der Waals surface area contributed by atoms with E-state index in [1.54, 1.807) is 11.3 Å². The first kappa shape index (κ1) is 17.1. The third-order valence-electron chi connectivity index (χ3n) is 4.38. The lowest BCUT2D eigenvalue weighted by atomic mass is 9.97. The van der Waals surface area contributed by atoms with Crippen LogP contribution >= 0.6 is 11.3 Å². The van der Waals surface area contributed by atoms with Crippen LogP contribution in [-0.4, -0.2) is 57.4 Å². The molecule has 1 saturated heterocycles. The van der Waals surface area contributed by atoms with E-state index < -0.39 is 0 Å². The Balaban J connectivity index is 1.70. The maximum absolute atomic E-state index is 12.8. The van der Waals surface area contributed by atoms with E-state index in [9.17, 15) is 4.79 Å². The van der Waals surface area contributed by atoms with E-state index in [0.29, 0.717) is 11.6 Å². The van der Waals surface area contributed by atoms with Crippen molar-refractivity contribution in [1.29, 1.82) is 0 Å². The van der Waals surface area contributed by atoms with Crippen molar-refractivity contribution >= 4 is 17.2 Å². The SMILES string of the molecule is CCn1ccnc1C1CCCN(C(=O)c2csc(CN(C)C)n2)C1. The Bertz CT molecular complexity index is 693. The number of thiazole rings is 1. The van der Waals surface area contributed by atoms with Crippen LogP contribution in [0.15, 0.2) is 17.8 Å². The maximum Gasteiger partial charge on any atom is 0.273 e. The summed E-state index contributed by atoms with van der Waals surface area (Å²) < 4.78 is 2.18. The van der Waals surface area contributed by atoms with E-state index in [-0.39, 0.29) is 5.91 Å². The molecular weight excluding hydrogens is 322 g/mol. The van der Waals surface area contributed by atoms with E-state index in [1.807, 2.05) is 36.8 Å². The molecule has 1 fully saturated rings. The molecule has 24 heavy (non-hydrogen) atoms. The summed E-state index contributed by atoms with van der Waals surface area (Å²) in [4.78, 5) is 25.8. The lowest BCUT2D eigenvalue weighted by molar-refractivity contribution is 0.0698. The number of hydrogen-bond acceptors (Lipinski definition) is 5. The molecular formula is C17H25N5OS. The van der Waals surface area contributed by atoms with Crippen LogP contribution in [0.3, 0.4) is 0 Å². The number of carbonyl (C=O) groups is 1. The lowest BCUT2D eigenvalue weighted by Gasteiger charge is -2.32. The number of aryl methyl sites for hydroxylation is 1. The van der Waals surface area contributed by atoms with Crippen LogP contribution in [0.1, 0.15) is 47.0 Å². The van der Waals surface area contributed by atoms with Crippen molar-refractivity contribution in [2.24, 2.45) is 0 Å². The summed E-state index contributed by atoms with van der Waals surface area (Å²) in [5.74, 6) is 1.47. The molecule has 0 spiro atoms. The summed E-state index contributed by atoms with van der Waals surface area (Å²) >= 11 is 1.56. The van der Waals surface area contributed by atoms with Crippen molar-refractivity contribution in [2.45, 2.75) is 38.8 Å². The van der Waals surface area contributed by atoms with Gasteiger partial charge in [0.25, 0.3) is 5.91 Å². The molecule has 3 rings (SSSR count). The molecule has 1 aliphatic rings. The second kappa shape index (κ2) is 7.44. The third kappa shape index (κ3) is 3.67. The molecule has 2 aromatic rings. The highest BCUT2D eigenvalue weighted by Gasteiger charge is 2.28. The number of imidazole rings is 1. The fourth-order valence-electron chi connectivity index (χ4n) is 3.23. The van der Waals surface area contributed by atoms with Gasteiger partial charge in [-0.15, -0.1) is 11.3 Å². The molecule has 0 saturated carbocycles. The average molecular weight is 347 g/mol. The number of likely N-dealkylation sites (tertiary alicyclic amines) is 1. The van der Waals surface area contributed by atoms with E-state index in [2.05, 4.69) is 26.4 Å². The minimum atomic E-state index is 0.0514. The number of hydrogen-bond donors (Lipinski definition) is 0. The van der Waals surface area contributed by atoms with E-state index in [1.165, 1.54) is 0 Å². The zero-order chi connectivity index (χ0) is 17.1. The third-order valence-corrected chi connectivity index (χ3v) is 5.22. The molecule has 6 nitrogen and oxygen atoms in total. The number of piperidine rings is 1. The number of amides is 1. The zero-order valence-corrected chi connectivity index (χ0v) is 15.4.